The third-order valence-electron chi connectivity index (χ3n) is 5.87. The summed E-state index contributed by atoms with van der Waals surface area (Å²) in [5.41, 5.74) is 0.298. The lowest BCUT2D eigenvalue weighted by Gasteiger charge is -2.21. The number of hydrogen-bond donors (Lipinski definition) is 2. The van der Waals surface area contributed by atoms with Crippen molar-refractivity contribution in [1.29, 1.82) is 0 Å². The number of nitrogens with zero attached hydrogens (tertiary/aromatic N) is 1. The number of Topliss-reactive ketones (excluding diaryl/α,β-unsaturated/α-hetero) is 1. The smallest absolute Gasteiger partial charge is 0.325 e. The fourth-order valence-corrected chi connectivity index (χ4v) is 3.54. The molecule has 0 spiro atoms. The summed E-state index contributed by atoms with van der Waals surface area (Å²) in [7, 11) is 1.60. The van der Waals surface area contributed by atoms with E-state index in [0.717, 1.165) is 16.2 Å². The van der Waals surface area contributed by atoms with E-state index in [1.165, 1.54) is 0 Å². The van der Waals surface area contributed by atoms with Crippen LogP contribution in [0, 0.1) is 5.41 Å². The SMILES string of the molecule is COc1ccc(CCC2(C)NC(=O)N(CC(=O)c3ccc(NC(=O)C(C)(C)C)cc3)C2=O)cc1. The highest BCUT2D eigenvalue weighted by molar-refractivity contribution is 6.11. The maximum atomic E-state index is 13.0. The first-order valence-electron chi connectivity index (χ1n) is 11.1. The second-order valence-corrected chi connectivity index (χ2v) is 9.71. The molecular formula is C26H31N3O5. The Balaban J connectivity index is 1.61. The predicted octanol–water partition coefficient (Wildman–Crippen LogP) is 3.81. The molecule has 0 aromatic heterocycles. The number of nitrogens with one attached hydrogen (secondary N) is 2. The van der Waals surface area contributed by atoms with Gasteiger partial charge in [0.2, 0.25) is 5.91 Å². The summed E-state index contributed by atoms with van der Waals surface area (Å²) in [6.45, 7) is 6.75. The van der Waals surface area contributed by atoms with Crippen molar-refractivity contribution in [3.63, 3.8) is 0 Å². The van der Waals surface area contributed by atoms with E-state index in [0.29, 0.717) is 24.1 Å². The zero-order valence-electron chi connectivity index (χ0n) is 20.2. The van der Waals surface area contributed by atoms with Crippen LogP contribution in [-0.4, -0.2) is 47.7 Å². The number of hydrogen-bond acceptors (Lipinski definition) is 5. The highest BCUT2D eigenvalue weighted by atomic mass is 16.5. The number of rotatable bonds is 8. The zero-order chi connectivity index (χ0) is 25.1. The molecule has 1 aliphatic rings. The molecule has 0 radical (unpaired) electrons. The average Bonchev–Trinajstić information content (AvgIpc) is 3.01. The number of carbonyl (C=O) groups is 4. The van der Waals surface area contributed by atoms with Gasteiger partial charge in [0, 0.05) is 16.7 Å². The molecule has 0 saturated carbocycles. The van der Waals surface area contributed by atoms with E-state index in [-0.39, 0.29) is 18.2 Å². The fraction of sp³-hybridized carbons (Fsp3) is 0.385. The van der Waals surface area contributed by atoms with Gasteiger partial charge in [-0.15, -0.1) is 0 Å². The van der Waals surface area contributed by atoms with Crippen LogP contribution in [-0.2, 0) is 16.0 Å². The molecule has 4 amide bonds. The van der Waals surface area contributed by atoms with Gasteiger partial charge in [0.1, 0.15) is 11.3 Å². The molecule has 0 bridgehead atoms. The van der Waals surface area contributed by atoms with E-state index in [4.69, 9.17) is 4.74 Å². The summed E-state index contributed by atoms with van der Waals surface area (Å²) < 4.78 is 5.15. The summed E-state index contributed by atoms with van der Waals surface area (Å²) in [5.74, 6) is -0.181. The van der Waals surface area contributed by atoms with E-state index in [2.05, 4.69) is 10.6 Å². The van der Waals surface area contributed by atoms with E-state index < -0.39 is 22.9 Å². The minimum atomic E-state index is -1.08. The zero-order valence-corrected chi connectivity index (χ0v) is 20.2. The number of ketones is 1. The summed E-state index contributed by atoms with van der Waals surface area (Å²) in [4.78, 5) is 51.4. The van der Waals surface area contributed by atoms with Crippen molar-refractivity contribution in [2.75, 3.05) is 19.0 Å². The van der Waals surface area contributed by atoms with Crippen molar-refractivity contribution < 1.29 is 23.9 Å². The van der Waals surface area contributed by atoms with Crippen molar-refractivity contribution >= 4 is 29.3 Å². The summed E-state index contributed by atoms with van der Waals surface area (Å²) in [6, 6.07) is 13.3. The Morgan fingerprint density at radius 1 is 1.03 bits per heavy atom. The highest BCUT2D eigenvalue weighted by Crippen LogP contribution is 2.25. The van der Waals surface area contributed by atoms with Crippen molar-refractivity contribution in [3.05, 3.63) is 59.7 Å². The van der Waals surface area contributed by atoms with Crippen LogP contribution in [0.1, 0.15) is 50.0 Å². The normalized spacial score (nSPS) is 18.0. The first-order chi connectivity index (χ1) is 15.9. The van der Waals surface area contributed by atoms with E-state index in [9.17, 15) is 19.2 Å². The third kappa shape index (κ3) is 5.62. The molecule has 2 aromatic carbocycles. The van der Waals surface area contributed by atoms with Gasteiger partial charge >= 0.3 is 6.03 Å². The number of amides is 4. The van der Waals surface area contributed by atoms with Gasteiger partial charge in [-0.1, -0.05) is 32.9 Å². The van der Waals surface area contributed by atoms with E-state index in [1.807, 2.05) is 45.0 Å². The Labute approximate surface area is 199 Å². The maximum absolute atomic E-state index is 13.0. The van der Waals surface area contributed by atoms with Crippen LogP contribution < -0.4 is 15.4 Å². The maximum Gasteiger partial charge on any atom is 0.325 e. The molecule has 8 nitrogen and oxygen atoms in total. The highest BCUT2D eigenvalue weighted by Gasteiger charge is 2.47. The number of benzene rings is 2. The number of imide groups is 1. The monoisotopic (exact) mass is 465 g/mol. The Kier molecular flexibility index (Phi) is 7.09. The van der Waals surface area contributed by atoms with Gasteiger partial charge in [0.05, 0.1) is 13.7 Å². The Hall–Kier alpha value is -3.68. The quantitative estimate of drug-likeness (QED) is 0.456. The summed E-state index contributed by atoms with van der Waals surface area (Å²) >= 11 is 0. The van der Waals surface area contributed by atoms with Gasteiger partial charge in [0.25, 0.3) is 5.91 Å². The fourth-order valence-electron chi connectivity index (χ4n) is 3.54. The molecular weight excluding hydrogens is 434 g/mol. The molecule has 2 N–H and O–H groups in total. The lowest BCUT2D eigenvalue weighted by molar-refractivity contribution is -0.130. The van der Waals surface area contributed by atoms with Crippen LogP contribution in [0.3, 0.4) is 0 Å². The molecule has 1 fully saturated rings. The first kappa shape index (κ1) is 25.0. The molecule has 1 atom stereocenters. The molecule has 3 rings (SSSR count). The number of carbonyl (C=O) groups excluding carboxylic acids is 4. The minimum Gasteiger partial charge on any atom is -0.497 e. The molecule has 1 unspecified atom stereocenters. The number of anilines is 1. The summed E-state index contributed by atoms with van der Waals surface area (Å²) in [6.07, 6.45) is 0.979. The molecule has 1 saturated heterocycles. The molecule has 1 heterocycles. The van der Waals surface area contributed by atoms with Crippen LogP contribution >= 0.6 is 0 Å². The standard InChI is InChI=1S/C26H31N3O5/c1-25(2,3)22(31)27-19-10-8-18(9-11-19)21(30)16-29-23(32)26(4,28-24(29)33)15-14-17-6-12-20(34-5)13-7-17/h6-13H,14-16H2,1-5H3,(H,27,31)(H,28,33). The number of methoxy groups -OCH3 is 1. The Morgan fingerprint density at radius 2 is 1.65 bits per heavy atom. The van der Waals surface area contributed by atoms with Crippen molar-refractivity contribution in [1.82, 2.24) is 10.2 Å². The number of ether oxygens (including phenoxy) is 1. The van der Waals surface area contributed by atoms with Gasteiger partial charge in [-0.05, 0) is 61.7 Å². The van der Waals surface area contributed by atoms with Gasteiger partial charge in [0.15, 0.2) is 5.78 Å². The molecule has 0 aliphatic carbocycles. The van der Waals surface area contributed by atoms with Gasteiger partial charge in [-0.25, -0.2) is 4.79 Å². The van der Waals surface area contributed by atoms with E-state index >= 15 is 0 Å². The average molecular weight is 466 g/mol. The Morgan fingerprint density at radius 3 is 2.21 bits per heavy atom. The van der Waals surface area contributed by atoms with Gasteiger partial charge in [-0.3, -0.25) is 19.3 Å². The van der Waals surface area contributed by atoms with Gasteiger partial charge in [-0.2, -0.15) is 0 Å². The van der Waals surface area contributed by atoms with E-state index in [1.54, 1.807) is 38.3 Å². The molecule has 180 valence electrons. The number of urea groups is 1. The first-order valence-corrected chi connectivity index (χ1v) is 11.1. The Bertz CT molecular complexity index is 1090. The van der Waals surface area contributed by atoms with Crippen LogP contribution in [0.2, 0.25) is 0 Å². The predicted molar refractivity (Wildman–Crippen MR) is 129 cm³/mol. The second-order valence-electron chi connectivity index (χ2n) is 9.71. The largest absolute Gasteiger partial charge is 0.497 e. The molecule has 1 aliphatic heterocycles. The van der Waals surface area contributed by atoms with Crippen molar-refractivity contribution in [2.24, 2.45) is 5.41 Å². The second kappa shape index (κ2) is 9.67. The van der Waals surface area contributed by atoms with Gasteiger partial charge < -0.3 is 15.4 Å². The molecule has 34 heavy (non-hydrogen) atoms. The molecule has 2 aromatic rings. The van der Waals surface area contributed by atoms with Crippen LogP contribution in [0.5, 0.6) is 5.75 Å². The molecule has 8 heteroatoms. The number of aryl methyl sites for hydroxylation is 1. The lowest BCUT2D eigenvalue weighted by Crippen LogP contribution is -2.44. The van der Waals surface area contributed by atoms with Crippen LogP contribution in [0.4, 0.5) is 10.5 Å². The summed E-state index contributed by atoms with van der Waals surface area (Å²) in [5, 5.41) is 5.53. The lowest BCUT2D eigenvalue weighted by atomic mass is 9.93. The minimum absolute atomic E-state index is 0.139. The topological polar surface area (TPSA) is 105 Å². The van der Waals surface area contributed by atoms with Crippen molar-refractivity contribution in [2.45, 2.75) is 46.1 Å². The third-order valence-corrected chi connectivity index (χ3v) is 5.87. The van der Waals surface area contributed by atoms with Crippen LogP contribution in [0.25, 0.3) is 0 Å². The van der Waals surface area contributed by atoms with Crippen molar-refractivity contribution in [3.8, 4) is 5.75 Å². The van der Waals surface area contributed by atoms with Crippen LogP contribution in [0.15, 0.2) is 48.5 Å².